The number of ether oxygens (including phenoxy) is 3. The van der Waals surface area contributed by atoms with Crippen LogP contribution in [-0.2, 0) is 28.8 Å². The molecule has 0 saturated carbocycles. The molecule has 198 valence electrons. The van der Waals surface area contributed by atoms with E-state index in [4.69, 9.17) is 19.2 Å². The van der Waals surface area contributed by atoms with Crippen LogP contribution in [0.1, 0.15) is 54.4 Å². The van der Waals surface area contributed by atoms with Crippen LogP contribution >= 0.6 is 11.3 Å². The van der Waals surface area contributed by atoms with E-state index in [0.29, 0.717) is 24.3 Å². The van der Waals surface area contributed by atoms with Crippen LogP contribution in [0.15, 0.2) is 72.5 Å². The summed E-state index contributed by atoms with van der Waals surface area (Å²) in [6.07, 6.45) is 5.22. The van der Waals surface area contributed by atoms with Crippen molar-refractivity contribution in [3.05, 3.63) is 100 Å². The Morgan fingerprint density at radius 2 is 1.79 bits per heavy atom. The van der Waals surface area contributed by atoms with Crippen LogP contribution in [-0.4, -0.2) is 33.1 Å². The summed E-state index contributed by atoms with van der Waals surface area (Å²) in [5.74, 6) is 1.65. The smallest absolute Gasteiger partial charge is 0.350 e. The fourth-order valence-corrected chi connectivity index (χ4v) is 4.81. The first-order valence-corrected chi connectivity index (χ1v) is 13.6. The van der Waals surface area contributed by atoms with E-state index in [1.165, 1.54) is 0 Å². The molecule has 0 aliphatic heterocycles. The van der Waals surface area contributed by atoms with Crippen molar-refractivity contribution in [3.63, 3.8) is 0 Å². The lowest BCUT2D eigenvalue weighted by Gasteiger charge is -2.28. The Morgan fingerprint density at radius 1 is 1.03 bits per heavy atom. The summed E-state index contributed by atoms with van der Waals surface area (Å²) in [7, 11) is 0. The fraction of sp³-hybridized carbons (Fsp3) is 0.333. The lowest BCUT2D eigenvalue weighted by Crippen LogP contribution is -2.45. The molecule has 4 aromatic rings. The number of nitrogens with zero attached hydrogens (tertiary/aromatic N) is 3. The molecule has 38 heavy (non-hydrogen) atoms. The maximum Gasteiger partial charge on any atom is 0.350 e. The molecule has 0 bridgehead atoms. The molecule has 2 unspecified atom stereocenters. The van der Waals surface area contributed by atoms with Crippen LogP contribution in [0.25, 0.3) is 0 Å². The predicted molar refractivity (Wildman–Crippen MR) is 148 cm³/mol. The van der Waals surface area contributed by atoms with Gasteiger partial charge in [-0.25, -0.2) is 14.8 Å². The first-order valence-electron chi connectivity index (χ1n) is 12.8. The summed E-state index contributed by atoms with van der Waals surface area (Å²) in [4.78, 5) is 27.3. The molecule has 8 heteroatoms. The predicted octanol–water partition coefficient (Wildman–Crippen LogP) is 6.11. The summed E-state index contributed by atoms with van der Waals surface area (Å²) in [6, 6.07) is 17.0. The van der Waals surface area contributed by atoms with Gasteiger partial charge in [0.25, 0.3) is 0 Å². The molecule has 0 N–H and O–H groups in total. The Balaban J connectivity index is 1.50. The highest BCUT2D eigenvalue weighted by Gasteiger charge is 2.37. The second kappa shape index (κ2) is 12.6. The van der Waals surface area contributed by atoms with Crippen LogP contribution in [0.2, 0.25) is 0 Å². The molecule has 0 fully saturated rings. The monoisotopic (exact) mass is 531 g/mol. The second-order valence-electron chi connectivity index (χ2n) is 9.15. The summed E-state index contributed by atoms with van der Waals surface area (Å²) in [6.45, 7) is 7.94. The SMILES string of the molecule is CCOC(=O)C(C)(Cc1ccc(OC(Cc2ncc(CC)c(C)n2)c2cncs2)cc1)Oc1ccccc1. The van der Waals surface area contributed by atoms with Gasteiger partial charge in [-0.3, -0.25) is 4.98 Å². The zero-order valence-electron chi connectivity index (χ0n) is 22.2. The normalized spacial score (nSPS) is 13.4. The number of carbonyl (C=O) groups excluding carboxylic acids is 1. The minimum atomic E-state index is -1.18. The van der Waals surface area contributed by atoms with Gasteiger partial charge in [-0.2, -0.15) is 0 Å². The third kappa shape index (κ3) is 6.95. The Kier molecular flexibility index (Phi) is 9.07. The molecule has 0 radical (unpaired) electrons. The van der Waals surface area contributed by atoms with Gasteiger partial charge in [0.1, 0.15) is 23.4 Å². The number of aromatic nitrogens is 3. The number of para-hydroxylation sites is 1. The number of benzene rings is 2. The third-order valence-electron chi connectivity index (χ3n) is 6.19. The van der Waals surface area contributed by atoms with Crippen molar-refractivity contribution in [1.82, 2.24) is 15.0 Å². The number of carbonyl (C=O) groups is 1. The maximum atomic E-state index is 12.9. The quantitative estimate of drug-likeness (QED) is 0.204. The second-order valence-corrected chi connectivity index (χ2v) is 10.1. The van der Waals surface area contributed by atoms with Gasteiger partial charge in [-0.05, 0) is 62.6 Å². The van der Waals surface area contributed by atoms with Crippen molar-refractivity contribution in [2.45, 2.75) is 58.7 Å². The molecule has 0 amide bonds. The zero-order valence-corrected chi connectivity index (χ0v) is 23.0. The van der Waals surface area contributed by atoms with Crippen LogP contribution in [0.3, 0.4) is 0 Å². The minimum absolute atomic E-state index is 0.272. The summed E-state index contributed by atoms with van der Waals surface area (Å²) < 4.78 is 17.9. The topological polar surface area (TPSA) is 83.4 Å². The number of thiazole rings is 1. The molecule has 2 atom stereocenters. The molecule has 7 nitrogen and oxygen atoms in total. The van der Waals surface area contributed by atoms with Crippen molar-refractivity contribution in [3.8, 4) is 11.5 Å². The molecule has 0 aliphatic rings. The Bertz CT molecular complexity index is 1310. The summed E-state index contributed by atoms with van der Waals surface area (Å²) in [5.41, 5.74) is 3.68. The molecular weight excluding hydrogens is 498 g/mol. The van der Waals surface area contributed by atoms with E-state index in [9.17, 15) is 4.79 Å². The highest BCUT2D eigenvalue weighted by Crippen LogP contribution is 2.29. The molecule has 2 aromatic heterocycles. The number of hydrogen-bond acceptors (Lipinski definition) is 8. The molecule has 0 aliphatic carbocycles. The van der Waals surface area contributed by atoms with Crippen LogP contribution in [0.5, 0.6) is 11.5 Å². The van der Waals surface area contributed by atoms with Crippen molar-refractivity contribution in [1.29, 1.82) is 0 Å². The Morgan fingerprint density at radius 3 is 2.42 bits per heavy atom. The maximum absolute atomic E-state index is 12.9. The van der Waals surface area contributed by atoms with E-state index in [0.717, 1.165) is 33.9 Å². The van der Waals surface area contributed by atoms with Gasteiger partial charge in [-0.15, -0.1) is 11.3 Å². The molecule has 4 rings (SSSR count). The zero-order chi connectivity index (χ0) is 27.0. The number of esters is 1. The molecule has 2 heterocycles. The average Bonchev–Trinajstić information content (AvgIpc) is 3.45. The lowest BCUT2D eigenvalue weighted by atomic mass is 9.96. The first-order chi connectivity index (χ1) is 18.4. The standard InChI is InChI=1S/C30H33N3O4S/c1-5-23-18-32-28(33-21(23)3)16-26(27-19-31-20-38-27)36-24-14-12-22(13-15-24)17-30(4,29(34)35-6-2)37-25-10-8-7-9-11-25/h7-15,18-20,26H,5-6,16-17H2,1-4H3. The fourth-order valence-electron chi connectivity index (χ4n) is 4.16. The lowest BCUT2D eigenvalue weighted by molar-refractivity contribution is -0.160. The molecule has 0 saturated heterocycles. The van der Waals surface area contributed by atoms with Gasteiger partial charge in [0.2, 0.25) is 5.60 Å². The van der Waals surface area contributed by atoms with E-state index in [1.54, 1.807) is 30.7 Å². The van der Waals surface area contributed by atoms with Crippen LogP contribution < -0.4 is 9.47 Å². The summed E-state index contributed by atoms with van der Waals surface area (Å²) in [5, 5.41) is 0. The number of hydrogen-bond donors (Lipinski definition) is 0. The average molecular weight is 532 g/mol. The largest absolute Gasteiger partial charge is 0.484 e. The highest BCUT2D eigenvalue weighted by atomic mass is 32.1. The number of aryl methyl sites for hydroxylation is 2. The van der Waals surface area contributed by atoms with Gasteiger partial charge >= 0.3 is 5.97 Å². The van der Waals surface area contributed by atoms with E-state index in [1.807, 2.05) is 73.9 Å². The van der Waals surface area contributed by atoms with Crippen LogP contribution in [0, 0.1) is 6.92 Å². The van der Waals surface area contributed by atoms with Crippen LogP contribution in [0.4, 0.5) is 0 Å². The van der Waals surface area contributed by atoms with Gasteiger partial charge in [0, 0.05) is 30.9 Å². The van der Waals surface area contributed by atoms with Gasteiger partial charge in [-0.1, -0.05) is 37.3 Å². The van der Waals surface area contributed by atoms with E-state index in [2.05, 4.69) is 16.9 Å². The van der Waals surface area contributed by atoms with Gasteiger partial charge in [0.05, 0.1) is 17.0 Å². The van der Waals surface area contributed by atoms with E-state index in [-0.39, 0.29) is 12.7 Å². The number of rotatable bonds is 12. The summed E-state index contributed by atoms with van der Waals surface area (Å²) >= 11 is 1.54. The molecule has 0 spiro atoms. The van der Waals surface area contributed by atoms with Crippen molar-refractivity contribution >= 4 is 17.3 Å². The van der Waals surface area contributed by atoms with Crippen molar-refractivity contribution < 1.29 is 19.0 Å². The third-order valence-corrected chi connectivity index (χ3v) is 7.05. The van der Waals surface area contributed by atoms with E-state index >= 15 is 0 Å². The minimum Gasteiger partial charge on any atom is -0.484 e. The van der Waals surface area contributed by atoms with Crippen molar-refractivity contribution in [2.75, 3.05) is 6.61 Å². The first kappa shape index (κ1) is 27.3. The molecular formula is C30H33N3O4S. The van der Waals surface area contributed by atoms with Gasteiger partial charge in [0.15, 0.2) is 0 Å². The van der Waals surface area contributed by atoms with E-state index < -0.39 is 11.6 Å². The Hall–Kier alpha value is -3.78. The molecule has 2 aromatic carbocycles. The van der Waals surface area contributed by atoms with Crippen molar-refractivity contribution in [2.24, 2.45) is 0 Å². The Labute approximate surface area is 227 Å². The van der Waals surface area contributed by atoms with Gasteiger partial charge < -0.3 is 14.2 Å². The highest BCUT2D eigenvalue weighted by molar-refractivity contribution is 7.09.